The van der Waals surface area contributed by atoms with Crippen LogP contribution in [0.25, 0.3) is 0 Å². The zero-order valence-corrected chi connectivity index (χ0v) is 10.3. The number of nitrogens with one attached hydrogen (secondary N) is 1. The number of hydrogen-bond acceptors (Lipinski definition) is 1. The molecule has 0 aromatic heterocycles. The minimum Gasteiger partial charge on any atom is -0.324 e. The molecule has 0 bridgehead atoms. The van der Waals surface area contributed by atoms with Gasteiger partial charge in [-0.05, 0) is 44.0 Å². The fraction of sp³-hybridized carbons (Fsp3) is 0.222. The van der Waals surface area contributed by atoms with Crippen molar-refractivity contribution in [2.24, 2.45) is 0 Å². The van der Waals surface area contributed by atoms with Crippen LogP contribution in [0, 0.1) is 0 Å². The number of carbonyl (C=O) groups excluding carboxylic acids is 1. The SMILES string of the molecule is CCC(=O)Nc1c(Br)cccc1Br. The third-order valence-electron chi connectivity index (χ3n) is 1.55. The Morgan fingerprint density at radius 3 is 2.38 bits per heavy atom. The topological polar surface area (TPSA) is 29.1 Å². The first kappa shape index (κ1) is 10.7. The summed E-state index contributed by atoms with van der Waals surface area (Å²) in [6, 6.07) is 5.67. The van der Waals surface area contributed by atoms with Crippen LogP contribution in [0.4, 0.5) is 5.69 Å². The lowest BCUT2D eigenvalue weighted by atomic mass is 10.3. The van der Waals surface area contributed by atoms with Crippen LogP contribution in [0.2, 0.25) is 0 Å². The first-order valence-corrected chi connectivity index (χ1v) is 5.47. The van der Waals surface area contributed by atoms with Crippen molar-refractivity contribution in [1.82, 2.24) is 0 Å². The molecule has 0 fully saturated rings. The van der Waals surface area contributed by atoms with E-state index in [9.17, 15) is 4.79 Å². The fourth-order valence-corrected chi connectivity index (χ4v) is 2.04. The molecule has 13 heavy (non-hydrogen) atoms. The molecule has 0 saturated carbocycles. The highest BCUT2D eigenvalue weighted by molar-refractivity contribution is 9.11. The molecule has 0 heterocycles. The Kier molecular flexibility index (Phi) is 3.93. The van der Waals surface area contributed by atoms with E-state index in [4.69, 9.17) is 0 Å². The Bertz CT molecular complexity index is 305. The van der Waals surface area contributed by atoms with Gasteiger partial charge in [0, 0.05) is 15.4 Å². The zero-order valence-electron chi connectivity index (χ0n) is 7.10. The molecule has 1 amide bonds. The average molecular weight is 307 g/mol. The Labute approximate surface area is 94.0 Å². The Hall–Kier alpha value is -0.350. The lowest BCUT2D eigenvalue weighted by Gasteiger charge is -2.07. The monoisotopic (exact) mass is 305 g/mol. The van der Waals surface area contributed by atoms with E-state index in [0.29, 0.717) is 6.42 Å². The zero-order chi connectivity index (χ0) is 9.84. The molecule has 2 nitrogen and oxygen atoms in total. The molecule has 4 heteroatoms. The van der Waals surface area contributed by atoms with E-state index in [2.05, 4.69) is 37.2 Å². The summed E-state index contributed by atoms with van der Waals surface area (Å²) in [6.07, 6.45) is 0.480. The van der Waals surface area contributed by atoms with Gasteiger partial charge in [0.15, 0.2) is 0 Å². The van der Waals surface area contributed by atoms with Crippen molar-refractivity contribution in [1.29, 1.82) is 0 Å². The third-order valence-corrected chi connectivity index (χ3v) is 2.87. The summed E-state index contributed by atoms with van der Waals surface area (Å²) in [4.78, 5) is 11.1. The Morgan fingerprint density at radius 1 is 1.38 bits per heavy atom. The number of amides is 1. The quantitative estimate of drug-likeness (QED) is 0.889. The number of halogens is 2. The summed E-state index contributed by atoms with van der Waals surface area (Å²) in [7, 11) is 0. The predicted octanol–water partition coefficient (Wildman–Crippen LogP) is 3.56. The van der Waals surface area contributed by atoms with Gasteiger partial charge < -0.3 is 5.32 Å². The van der Waals surface area contributed by atoms with Gasteiger partial charge in [-0.2, -0.15) is 0 Å². The molecule has 1 aromatic rings. The minimum atomic E-state index is 0.00704. The van der Waals surface area contributed by atoms with Crippen molar-refractivity contribution in [3.63, 3.8) is 0 Å². The summed E-state index contributed by atoms with van der Waals surface area (Å²) in [5.41, 5.74) is 0.786. The highest BCUT2D eigenvalue weighted by atomic mass is 79.9. The molecule has 0 radical (unpaired) electrons. The second kappa shape index (κ2) is 4.77. The summed E-state index contributed by atoms with van der Waals surface area (Å²) in [6.45, 7) is 1.82. The highest BCUT2D eigenvalue weighted by Gasteiger charge is 2.06. The molecule has 0 spiro atoms. The maximum absolute atomic E-state index is 11.1. The number of benzene rings is 1. The van der Waals surface area contributed by atoms with E-state index in [0.717, 1.165) is 14.6 Å². The standard InChI is InChI=1S/C9H9Br2NO/c1-2-8(13)12-9-6(10)4-3-5-7(9)11/h3-5H,2H2,1H3,(H,12,13). The van der Waals surface area contributed by atoms with E-state index in [-0.39, 0.29) is 5.91 Å². The van der Waals surface area contributed by atoms with Crippen molar-refractivity contribution in [2.45, 2.75) is 13.3 Å². The van der Waals surface area contributed by atoms with E-state index in [1.54, 1.807) is 0 Å². The normalized spacial score (nSPS) is 9.77. The molecule has 0 aliphatic rings. The summed E-state index contributed by atoms with van der Waals surface area (Å²) in [5, 5.41) is 2.80. The number of para-hydroxylation sites is 1. The van der Waals surface area contributed by atoms with Gasteiger partial charge in [-0.25, -0.2) is 0 Å². The van der Waals surface area contributed by atoms with E-state index < -0.39 is 0 Å². The minimum absolute atomic E-state index is 0.00704. The largest absolute Gasteiger partial charge is 0.324 e. The third kappa shape index (κ3) is 2.81. The molecular formula is C9H9Br2NO. The van der Waals surface area contributed by atoms with Gasteiger partial charge in [-0.3, -0.25) is 4.79 Å². The van der Waals surface area contributed by atoms with Gasteiger partial charge in [0.1, 0.15) is 0 Å². The van der Waals surface area contributed by atoms with Crippen molar-refractivity contribution in [3.8, 4) is 0 Å². The average Bonchev–Trinajstić information content (AvgIpc) is 2.11. The number of carbonyl (C=O) groups is 1. The van der Waals surface area contributed by atoms with Gasteiger partial charge in [0.05, 0.1) is 5.69 Å². The van der Waals surface area contributed by atoms with Crippen LogP contribution in [0.5, 0.6) is 0 Å². The van der Waals surface area contributed by atoms with Crippen molar-refractivity contribution >= 4 is 43.5 Å². The lowest BCUT2D eigenvalue weighted by molar-refractivity contribution is -0.115. The van der Waals surface area contributed by atoms with Crippen molar-refractivity contribution in [2.75, 3.05) is 5.32 Å². The summed E-state index contributed by atoms with van der Waals surface area (Å²) in [5.74, 6) is 0.00704. The molecule has 0 saturated heterocycles. The molecular weight excluding hydrogens is 298 g/mol. The predicted molar refractivity (Wildman–Crippen MR) is 60.8 cm³/mol. The van der Waals surface area contributed by atoms with Gasteiger partial charge in [0.2, 0.25) is 5.91 Å². The molecule has 70 valence electrons. The van der Waals surface area contributed by atoms with Crippen LogP contribution < -0.4 is 5.32 Å². The second-order valence-corrected chi connectivity index (χ2v) is 4.21. The van der Waals surface area contributed by atoms with Gasteiger partial charge >= 0.3 is 0 Å². The van der Waals surface area contributed by atoms with Gasteiger partial charge in [0.25, 0.3) is 0 Å². The van der Waals surface area contributed by atoms with E-state index in [1.807, 2.05) is 25.1 Å². The Balaban J connectivity index is 2.93. The molecule has 1 rings (SSSR count). The molecule has 1 aromatic carbocycles. The summed E-state index contributed by atoms with van der Waals surface area (Å²) < 4.78 is 1.76. The first-order valence-electron chi connectivity index (χ1n) is 3.89. The van der Waals surface area contributed by atoms with Crippen LogP contribution in [0.1, 0.15) is 13.3 Å². The molecule has 1 N–H and O–H groups in total. The number of rotatable bonds is 2. The first-order chi connectivity index (χ1) is 6.15. The fourth-order valence-electron chi connectivity index (χ4n) is 0.845. The van der Waals surface area contributed by atoms with Gasteiger partial charge in [-0.1, -0.05) is 13.0 Å². The van der Waals surface area contributed by atoms with Crippen LogP contribution in [-0.4, -0.2) is 5.91 Å². The molecule has 0 unspecified atom stereocenters. The maximum Gasteiger partial charge on any atom is 0.224 e. The van der Waals surface area contributed by atoms with Crippen LogP contribution in [0.15, 0.2) is 27.1 Å². The van der Waals surface area contributed by atoms with E-state index in [1.165, 1.54) is 0 Å². The van der Waals surface area contributed by atoms with Crippen LogP contribution in [-0.2, 0) is 4.79 Å². The molecule has 0 aliphatic heterocycles. The maximum atomic E-state index is 11.1. The van der Waals surface area contributed by atoms with Crippen LogP contribution in [0.3, 0.4) is 0 Å². The number of hydrogen-bond donors (Lipinski definition) is 1. The Morgan fingerprint density at radius 2 is 1.92 bits per heavy atom. The second-order valence-electron chi connectivity index (χ2n) is 2.50. The molecule has 0 atom stereocenters. The molecule has 0 aliphatic carbocycles. The lowest BCUT2D eigenvalue weighted by Crippen LogP contribution is -2.10. The van der Waals surface area contributed by atoms with Crippen LogP contribution >= 0.6 is 31.9 Å². The van der Waals surface area contributed by atoms with Crippen molar-refractivity contribution in [3.05, 3.63) is 27.1 Å². The highest BCUT2D eigenvalue weighted by Crippen LogP contribution is 2.30. The summed E-state index contributed by atoms with van der Waals surface area (Å²) >= 11 is 6.72. The van der Waals surface area contributed by atoms with E-state index >= 15 is 0 Å². The van der Waals surface area contributed by atoms with Crippen molar-refractivity contribution < 1.29 is 4.79 Å². The van der Waals surface area contributed by atoms with Gasteiger partial charge in [-0.15, -0.1) is 0 Å². The number of anilines is 1. The smallest absolute Gasteiger partial charge is 0.224 e.